The second kappa shape index (κ2) is 4.56. The van der Waals surface area contributed by atoms with Gasteiger partial charge in [-0.25, -0.2) is 4.79 Å². The minimum absolute atomic E-state index is 0.457. The molecule has 0 radical (unpaired) electrons. The van der Waals surface area contributed by atoms with Crippen molar-refractivity contribution in [2.24, 2.45) is 0 Å². The number of allylic oxidation sites excluding steroid dienone is 2. The first kappa shape index (κ1) is 8.69. The second-order valence-corrected chi connectivity index (χ2v) is 1.71. The van der Waals surface area contributed by atoms with E-state index in [1.807, 2.05) is 0 Å². The lowest BCUT2D eigenvalue weighted by Gasteiger charge is -1.92. The van der Waals surface area contributed by atoms with Gasteiger partial charge in [0.1, 0.15) is 0 Å². The third kappa shape index (κ3) is 3.66. The Balaban J connectivity index is 3.82. The van der Waals surface area contributed by atoms with Gasteiger partial charge < -0.3 is 4.74 Å². The molecular formula is C8H10O2. The zero-order valence-corrected chi connectivity index (χ0v) is 5.96. The highest BCUT2D eigenvalue weighted by atomic mass is 16.5. The molecule has 0 aliphatic rings. The fraction of sp³-hybridized carbons (Fsp3) is 0.125. The van der Waals surface area contributed by atoms with E-state index in [1.54, 1.807) is 13.0 Å². The molecule has 10 heavy (non-hydrogen) atoms. The van der Waals surface area contributed by atoms with Gasteiger partial charge in [-0.05, 0) is 12.5 Å². The second-order valence-electron chi connectivity index (χ2n) is 1.71. The summed E-state index contributed by atoms with van der Waals surface area (Å²) in [6, 6.07) is 0. The molecule has 0 amide bonds. The zero-order chi connectivity index (χ0) is 7.98. The van der Waals surface area contributed by atoms with Crippen molar-refractivity contribution in [3.05, 3.63) is 37.1 Å². The van der Waals surface area contributed by atoms with Crippen LogP contribution in [-0.4, -0.2) is 5.97 Å². The van der Waals surface area contributed by atoms with Gasteiger partial charge in [-0.2, -0.15) is 0 Å². The van der Waals surface area contributed by atoms with Crippen LogP contribution < -0.4 is 0 Å². The predicted molar refractivity (Wildman–Crippen MR) is 40.2 cm³/mol. The molecule has 0 rings (SSSR count). The van der Waals surface area contributed by atoms with Gasteiger partial charge in [-0.15, -0.1) is 0 Å². The van der Waals surface area contributed by atoms with Crippen molar-refractivity contribution in [3.8, 4) is 0 Å². The Morgan fingerprint density at radius 2 is 2.00 bits per heavy atom. The summed E-state index contributed by atoms with van der Waals surface area (Å²) >= 11 is 0. The minimum Gasteiger partial charge on any atom is -0.431 e. The lowest BCUT2D eigenvalue weighted by molar-refractivity contribution is -0.132. The van der Waals surface area contributed by atoms with Crippen molar-refractivity contribution in [3.63, 3.8) is 0 Å². The number of carbonyl (C=O) groups is 1. The lowest BCUT2D eigenvalue weighted by Crippen LogP contribution is -1.92. The Labute approximate surface area is 60.5 Å². The van der Waals surface area contributed by atoms with Gasteiger partial charge >= 0.3 is 5.97 Å². The van der Waals surface area contributed by atoms with Crippen LogP contribution in [0.2, 0.25) is 0 Å². The Morgan fingerprint density at radius 1 is 1.40 bits per heavy atom. The maximum atomic E-state index is 10.4. The van der Waals surface area contributed by atoms with Crippen LogP contribution >= 0.6 is 0 Å². The standard InChI is InChI=1S/C8H10O2/c1-4-7(3)6-10-8(9)5-2/h4-6H,1-2H2,3H3. The monoisotopic (exact) mass is 138 g/mol. The van der Waals surface area contributed by atoms with Crippen LogP contribution in [0.1, 0.15) is 6.92 Å². The van der Waals surface area contributed by atoms with Crippen LogP contribution in [0.15, 0.2) is 37.1 Å². The third-order valence-electron chi connectivity index (χ3n) is 0.850. The molecule has 0 spiro atoms. The predicted octanol–water partition coefficient (Wildman–Crippen LogP) is 1.81. The third-order valence-corrected chi connectivity index (χ3v) is 0.850. The highest BCUT2D eigenvalue weighted by Crippen LogP contribution is 1.93. The topological polar surface area (TPSA) is 26.3 Å². The summed E-state index contributed by atoms with van der Waals surface area (Å²) in [4.78, 5) is 10.4. The van der Waals surface area contributed by atoms with E-state index in [9.17, 15) is 4.79 Å². The fourth-order valence-electron chi connectivity index (χ4n) is 0.247. The highest BCUT2D eigenvalue weighted by molar-refractivity contribution is 5.81. The molecule has 0 saturated carbocycles. The Kier molecular flexibility index (Phi) is 3.96. The quantitative estimate of drug-likeness (QED) is 0.257. The van der Waals surface area contributed by atoms with E-state index in [-0.39, 0.29) is 0 Å². The fourth-order valence-corrected chi connectivity index (χ4v) is 0.247. The molecule has 54 valence electrons. The molecule has 0 aliphatic carbocycles. The van der Waals surface area contributed by atoms with Gasteiger partial charge in [0.2, 0.25) is 0 Å². The van der Waals surface area contributed by atoms with E-state index < -0.39 is 5.97 Å². The van der Waals surface area contributed by atoms with Crippen LogP contribution in [0.3, 0.4) is 0 Å². The van der Waals surface area contributed by atoms with Crippen LogP contribution in [0.5, 0.6) is 0 Å². The number of carbonyl (C=O) groups excluding carboxylic acids is 1. The molecule has 0 fully saturated rings. The smallest absolute Gasteiger partial charge is 0.334 e. The molecular weight excluding hydrogens is 128 g/mol. The van der Waals surface area contributed by atoms with Gasteiger partial charge in [-0.3, -0.25) is 0 Å². The molecule has 0 aromatic rings. The number of hydrogen-bond acceptors (Lipinski definition) is 2. The van der Waals surface area contributed by atoms with Gasteiger partial charge in [-0.1, -0.05) is 19.2 Å². The largest absolute Gasteiger partial charge is 0.431 e. The first-order valence-electron chi connectivity index (χ1n) is 2.83. The van der Waals surface area contributed by atoms with E-state index in [2.05, 4.69) is 17.9 Å². The van der Waals surface area contributed by atoms with Crippen molar-refractivity contribution in [1.29, 1.82) is 0 Å². The summed E-state index contributed by atoms with van der Waals surface area (Å²) in [5.74, 6) is -0.457. The SMILES string of the molecule is C=CC(=O)OC=C(C)C=C. The Bertz CT molecular complexity index is 178. The highest BCUT2D eigenvalue weighted by Gasteiger charge is 1.89. The van der Waals surface area contributed by atoms with E-state index in [4.69, 9.17) is 0 Å². The van der Waals surface area contributed by atoms with Crippen molar-refractivity contribution in [2.75, 3.05) is 0 Å². The Hall–Kier alpha value is -1.31. The molecule has 0 aromatic heterocycles. The molecule has 0 unspecified atom stereocenters. The number of rotatable bonds is 3. The summed E-state index contributed by atoms with van der Waals surface area (Å²) in [6.07, 6.45) is 4.03. The van der Waals surface area contributed by atoms with Crippen LogP contribution in [-0.2, 0) is 9.53 Å². The average Bonchev–Trinajstić information content (AvgIpc) is 1.99. The summed E-state index contributed by atoms with van der Waals surface area (Å²) in [6.45, 7) is 8.49. The Morgan fingerprint density at radius 3 is 2.40 bits per heavy atom. The number of hydrogen-bond donors (Lipinski definition) is 0. The molecule has 2 heteroatoms. The molecule has 2 nitrogen and oxygen atoms in total. The number of esters is 1. The van der Waals surface area contributed by atoms with Crippen molar-refractivity contribution in [1.82, 2.24) is 0 Å². The van der Waals surface area contributed by atoms with Crippen molar-refractivity contribution in [2.45, 2.75) is 6.92 Å². The maximum absolute atomic E-state index is 10.4. The van der Waals surface area contributed by atoms with Gasteiger partial charge in [0.05, 0.1) is 6.26 Å². The molecule has 0 aliphatic heterocycles. The average molecular weight is 138 g/mol. The molecule has 0 heterocycles. The van der Waals surface area contributed by atoms with Gasteiger partial charge in [0.15, 0.2) is 0 Å². The molecule has 0 atom stereocenters. The van der Waals surface area contributed by atoms with Gasteiger partial charge in [0, 0.05) is 6.08 Å². The lowest BCUT2D eigenvalue weighted by atomic mass is 10.3. The summed E-state index contributed by atoms with van der Waals surface area (Å²) in [5.41, 5.74) is 0.801. The van der Waals surface area contributed by atoms with Crippen LogP contribution in [0, 0.1) is 0 Å². The number of ether oxygens (including phenoxy) is 1. The first-order valence-corrected chi connectivity index (χ1v) is 2.83. The van der Waals surface area contributed by atoms with Gasteiger partial charge in [0.25, 0.3) is 0 Å². The zero-order valence-electron chi connectivity index (χ0n) is 5.96. The summed E-state index contributed by atoms with van der Waals surface area (Å²) in [7, 11) is 0. The summed E-state index contributed by atoms with van der Waals surface area (Å²) in [5, 5.41) is 0. The van der Waals surface area contributed by atoms with Crippen LogP contribution in [0.25, 0.3) is 0 Å². The van der Waals surface area contributed by atoms with E-state index in [0.29, 0.717) is 0 Å². The first-order chi connectivity index (χ1) is 4.70. The van der Waals surface area contributed by atoms with E-state index >= 15 is 0 Å². The molecule has 0 saturated heterocycles. The maximum Gasteiger partial charge on any atom is 0.334 e. The molecule has 0 N–H and O–H groups in total. The van der Waals surface area contributed by atoms with E-state index in [1.165, 1.54) is 6.26 Å². The molecule has 0 bridgehead atoms. The normalized spacial score (nSPS) is 10.3. The van der Waals surface area contributed by atoms with E-state index in [0.717, 1.165) is 11.6 Å². The van der Waals surface area contributed by atoms with Crippen LogP contribution in [0.4, 0.5) is 0 Å². The molecule has 0 aromatic carbocycles. The minimum atomic E-state index is -0.457. The van der Waals surface area contributed by atoms with Crippen molar-refractivity contribution < 1.29 is 9.53 Å². The summed E-state index contributed by atoms with van der Waals surface area (Å²) < 4.78 is 4.55. The van der Waals surface area contributed by atoms with Crippen molar-refractivity contribution >= 4 is 5.97 Å².